The number of carbonyl (C=O) groups is 3. The fourth-order valence-electron chi connectivity index (χ4n) is 3.90. The van der Waals surface area contributed by atoms with Gasteiger partial charge in [-0.2, -0.15) is 5.11 Å². The van der Waals surface area contributed by atoms with Gasteiger partial charge in [0.1, 0.15) is 13.1 Å². The number of hydrogen-bond donors (Lipinski definition) is 2. The van der Waals surface area contributed by atoms with E-state index in [9.17, 15) is 18.8 Å². The maximum atomic E-state index is 14.1. The molecular formula is C24H30FN5O4. The number of ether oxygens (including phenoxy) is 1. The van der Waals surface area contributed by atoms with Crippen molar-refractivity contribution in [1.29, 1.82) is 0 Å². The summed E-state index contributed by atoms with van der Waals surface area (Å²) in [5.41, 5.74) is 4.82. The van der Waals surface area contributed by atoms with Crippen LogP contribution in [-0.4, -0.2) is 48.9 Å². The summed E-state index contributed by atoms with van der Waals surface area (Å²) in [5.74, 6) is -0.418. The molecule has 10 heteroatoms. The number of nitrogens with zero attached hydrogens (tertiary/aromatic N) is 3. The first-order chi connectivity index (χ1) is 16.4. The van der Waals surface area contributed by atoms with E-state index in [0.29, 0.717) is 24.8 Å². The number of piperazine rings is 1. The minimum Gasteiger partial charge on any atom is -0.490 e. The molecule has 3 amide bonds. The highest BCUT2D eigenvalue weighted by Gasteiger charge is 2.35. The van der Waals surface area contributed by atoms with Crippen LogP contribution in [0.2, 0.25) is 0 Å². The van der Waals surface area contributed by atoms with Crippen molar-refractivity contribution >= 4 is 17.7 Å². The molecule has 1 saturated heterocycles. The first kappa shape index (κ1) is 23.8. The lowest BCUT2D eigenvalue weighted by Crippen LogP contribution is -2.53. The molecule has 2 aliphatic carbocycles. The Balaban J connectivity index is 1.21. The van der Waals surface area contributed by atoms with Crippen molar-refractivity contribution in [2.24, 2.45) is 22.2 Å². The maximum absolute atomic E-state index is 14.1. The molecule has 1 aromatic carbocycles. The quantitative estimate of drug-likeness (QED) is 0.293. The molecular weight excluding hydrogens is 441 g/mol. The Morgan fingerprint density at radius 3 is 2.79 bits per heavy atom. The number of hydrogen-bond acceptors (Lipinski definition) is 6. The highest BCUT2D eigenvalue weighted by molar-refractivity contribution is 6.02. The van der Waals surface area contributed by atoms with E-state index in [1.807, 2.05) is 0 Å². The summed E-state index contributed by atoms with van der Waals surface area (Å²) in [5, 5.41) is 10.4. The molecule has 2 N–H and O–H groups in total. The number of amides is 3. The van der Waals surface area contributed by atoms with Crippen LogP contribution >= 0.6 is 0 Å². The van der Waals surface area contributed by atoms with Crippen molar-refractivity contribution in [2.75, 3.05) is 26.2 Å². The van der Waals surface area contributed by atoms with Gasteiger partial charge in [-0.05, 0) is 60.8 Å². The molecule has 1 aromatic rings. The maximum Gasteiger partial charge on any atom is 0.246 e. The third kappa shape index (κ3) is 6.61. The lowest BCUT2D eigenvalue weighted by molar-refractivity contribution is -0.145. The van der Waals surface area contributed by atoms with Gasteiger partial charge < -0.3 is 9.64 Å². The highest BCUT2D eigenvalue weighted by Crippen LogP contribution is 2.40. The fourth-order valence-corrected chi connectivity index (χ4v) is 3.90. The second-order valence-corrected chi connectivity index (χ2v) is 9.15. The zero-order valence-electron chi connectivity index (χ0n) is 19.3. The van der Waals surface area contributed by atoms with Gasteiger partial charge in [-0.25, -0.2) is 4.39 Å². The monoisotopic (exact) mass is 471 g/mol. The summed E-state index contributed by atoms with van der Waals surface area (Å²) in [4.78, 5) is 36.4. The van der Waals surface area contributed by atoms with Crippen LogP contribution in [0.3, 0.4) is 0 Å². The molecule has 1 aliphatic heterocycles. The minimum atomic E-state index is -0.453. The van der Waals surface area contributed by atoms with Crippen molar-refractivity contribution in [3.63, 3.8) is 0 Å². The zero-order chi connectivity index (χ0) is 24.1. The van der Waals surface area contributed by atoms with Gasteiger partial charge in [0, 0.05) is 18.5 Å². The predicted octanol–water partition coefficient (Wildman–Crippen LogP) is 2.84. The van der Waals surface area contributed by atoms with Crippen LogP contribution in [0.25, 0.3) is 0 Å². The van der Waals surface area contributed by atoms with E-state index < -0.39 is 11.8 Å². The van der Waals surface area contributed by atoms with E-state index in [1.165, 1.54) is 11.0 Å². The van der Waals surface area contributed by atoms with Crippen LogP contribution in [0.4, 0.5) is 4.39 Å². The van der Waals surface area contributed by atoms with Gasteiger partial charge in [-0.1, -0.05) is 18.2 Å². The van der Waals surface area contributed by atoms with Crippen molar-refractivity contribution < 1.29 is 23.5 Å². The Kier molecular flexibility index (Phi) is 7.54. The summed E-state index contributed by atoms with van der Waals surface area (Å²) in [7, 11) is 0. The van der Waals surface area contributed by atoms with Gasteiger partial charge in [0.2, 0.25) is 17.7 Å². The van der Waals surface area contributed by atoms with E-state index in [2.05, 4.69) is 28.0 Å². The third-order valence-electron chi connectivity index (χ3n) is 6.34. The first-order valence-electron chi connectivity index (χ1n) is 11.8. The predicted molar refractivity (Wildman–Crippen MR) is 121 cm³/mol. The van der Waals surface area contributed by atoms with E-state index in [-0.39, 0.29) is 43.1 Å². The number of benzene rings is 1. The molecule has 0 bridgehead atoms. The molecule has 1 heterocycles. The molecule has 0 aromatic heterocycles. The lowest BCUT2D eigenvalue weighted by Gasteiger charge is -2.25. The molecule has 9 nitrogen and oxygen atoms in total. The molecule has 1 unspecified atom stereocenters. The fraction of sp³-hybridized carbons (Fsp3) is 0.542. The largest absolute Gasteiger partial charge is 0.490 e. The smallest absolute Gasteiger partial charge is 0.246 e. The van der Waals surface area contributed by atoms with Crippen molar-refractivity contribution in [2.45, 2.75) is 44.9 Å². The van der Waals surface area contributed by atoms with Crippen molar-refractivity contribution in [1.82, 2.24) is 15.6 Å². The zero-order valence-corrected chi connectivity index (χ0v) is 19.3. The number of nitrogens with one attached hydrogen (secondary N) is 2. The van der Waals surface area contributed by atoms with Gasteiger partial charge in [0.15, 0.2) is 11.6 Å². The van der Waals surface area contributed by atoms with Gasteiger partial charge in [-0.15, -0.1) is 0 Å². The van der Waals surface area contributed by atoms with E-state index in [1.54, 1.807) is 18.3 Å². The molecule has 34 heavy (non-hydrogen) atoms. The van der Waals surface area contributed by atoms with Gasteiger partial charge in [-0.3, -0.25) is 25.1 Å². The van der Waals surface area contributed by atoms with E-state index in [0.717, 1.165) is 36.8 Å². The number of carbonyl (C=O) groups excluding carboxylic acids is 3. The average Bonchev–Trinajstić information content (AvgIpc) is 3.73. The van der Waals surface area contributed by atoms with Crippen LogP contribution in [0.1, 0.15) is 50.5 Å². The van der Waals surface area contributed by atoms with Crippen LogP contribution < -0.4 is 15.5 Å². The Labute approximate surface area is 197 Å². The lowest BCUT2D eigenvalue weighted by atomic mass is 9.96. The van der Waals surface area contributed by atoms with Crippen LogP contribution in [-0.2, 0) is 14.4 Å². The first-order valence-corrected chi connectivity index (χ1v) is 11.8. The number of allylic oxidation sites excluding steroid dienone is 1. The minimum absolute atomic E-state index is 0.0798. The van der Waals surface area contributed by atoms with Gasteiger partial charge in [0.25, 0.3) is 0 Å². The van der Waals surface area contributed by atoms with E-state index >= 15 is 0 Å². The summed E-state index contributed by atoms with van der Waals surface area (Å²) >= 11 is 0. The van der Waals surface area contributed by atoms with Crippen molar-refractivity contribution in [3.05, 3.63) is 41.4 Å². The van der Waals surface area contributed by atoms with Crippen LogP contribution in [0, 0.1) is 17.7 Å². The Bertz CT molecular complexity index is 991. The van der Waals surface area contributed by atoms with Gasteiger partial charge in [0.05, 0.1) is 13.2 Å². The Morgan fingerprint density at radius 2 is 2.09 bits per heavy atom. The summed E-state index contributed by atoms with van der Waals surface area (Å²) in [6.07, 6.45) is 5.89. The molecule has 0 radical (unpaired) electrons. The molecule has 2 atom stereocenters. The number of rotatable bonds is 11. The second-order valence-electron chi connectivity index (χ2n) is 9.15. The van der Waals surface area contributed by atoms with Gasteiger partial charge >= 0.3 is 0 Å². The molecule has 3 fully saturated rings. The summed E-state index contributed by atoms with van der Waals surface area (Å²) in [6.45, 7) is 2.91. The third-order valence-corrected chi connectivity index (χ3v) is 6.34. The number of imide groups is 1. The van der Waals surface area contributed by atoms with Crippen LogP contribution in [0.5, 0.6) is 5.75 Å². The Morgan fingerprint density at radius 1 is 1.32 bits per heavy atom. The molecule has 3 aliphatic rings. The summed E-state index contributed by atoms with van der Waals surface area (Å²) < 4.78 is 19.7. The SMILES string of the molecule is CC[C@@H](CN=NN/C=C1\CC1CC(=O)N1CC(=O)NC(=O)C1)c1ccc(F)c(OCC2CC2)c1. The topological polar surface area (TPSA) is 112 Å². The van der Waals surface area contributed by atoms with Crippen molar-refractivity contribution in [3.8, 4) is 5.75 Å². The molecule has 0 spiro atoms. The van der Waals surface area contributed by atoms with Crippen LogP contribution in [0.15, 0.2) is 40.3 Å². The normalized spacial score (nSPS) is 22.1. The standard InChI is InChI=1S/C24H30FN5O4/c1-2-16(17-5-6-20(25)21(8-17)34-14-15-3-4-15)10-26-29-27-11-19-7-18(19)9-24(33)30-12-22(31)28-23(32)13-30/h5-6,8,11,15-16,18H,2-4,7,9-10,12-14H2,1H3,(H,26,27)(H,28,31,32)/b19-11+/t16-,18?/m0/s1. The summed E-state index contributed by atoms with van der Waals surface area (Å²) in [6, 6.07) is 4.98. The second kappa shape index (κ2) is 10.8. The van der Waals surface area contributed by atoms with E-state index in [4.69, 9.17) is 4.74 Å². The molecule has 182 valence electrons. The molecule has 4 rings (SSSR count). The highest BCUT2D eigenvalue weighted by atomic mass is 19.1. The average molecular weight is 472 g/mol. The Hall–Kier alpha value is -3.30. The number of halogens is 1. The molecule has 2 saturated carbocycles.